The molecule has 0 heteroatoms. The first-order chi connectivity index (χ1) is 24.8. The Morgan fingerprint density at radius 1 is 0.220 bits per heavy atom. The molecule has 0 bridgehead atoms. The van der Waals surface area contributed by atoms with Crippen molar-refractivity contribution in [2.75, 3.05) is 0 Å². The monoisotopic (exact) mass is 632 g/mol. The van der Waals surface area contributed by atoms with Gasteiger partial charge in [-0.2, -0.15) is 0 Å². The molecule has 50 heavy (non-hydrogen) atoms. The third kappa shape index (κ3) is 4.46. The number of rotatable bonds is 4. The molecule has 0 aromatic heterocycles. The molecule has 0 aliphatic rings. The van der Waals surface area contributed by atoms with Crippen LogP contribution in [0.3, 0.4) is 0 Å². The molecule has 0 spiro atoms. The first-order valence-electron chi connectivity index (χ1n) is 17.4. The Balaban J connectivity index is 1.50. The summed E-state index contributed by atoms with van der Waals surface area (Å²) in [5.74, 6) is 0. The van der Waals surface area contributed by atoms with E-state index in [4.69, 9.17) is 0 Å². The Morgan fingerprint density at radius 2 is 0.700 bits per heavy atom. The smallest absolute Gasteiger partial charge is 0.000763 e. The van der Waals surface area contributed by atoms with E-state index in [1.165, 1.54) is 98.4 Å². The summed E-state index contributed by atoms with van der Waals surface area (Å²) in [4.78, 5) is 0. The van der Waals surface area contributed by atoms with Gasteiger partial charge < -0.3 is 0 Å². The third-order valence-electron chi connectivity index (χ3n) is 10.4. The van der Waals surface area contributed by atoms with Gasteiger partial charge in [0.25, 0.3) is 0 Å². The van der Waals surface area contributed by atoms with E-state index < -0.39 is 0 Å². The van der Waals surface area contributed by atoms with Crippen LogP contribution < -0.4 is 0 Å². The van der Waals surface area contributed by atoms with Gasteiger partial charge >= 0.3 is 0 Å². The quantitative estimate of drug-likeness (QED) is 0.169. The van der Waals surface area contributed by atoms with Crippen molar-refractivity contribution < 1.29 is 0 Å². The molecule has 0 fully saturated rings. The minimum atomic E-state index is 1.21. The normalized spacial score (nSPS) is 11.6. The number of fused-ring (bicyclic) bond motifs is 5. The van der Waals surface area contributed by atoms with Crippen molar-refractivity contribution in [3.63, 3.8) is 0 Å². The Kier molecular flexibility index (Phi) is 6.60. The molecule has 10 aromatic carbocycles. The Hall–Kier alpha value is -6.50. The van der Waals surface area contributed by atoms with E-state index in [1.807, 2.05) is 0 Å². The molecule has 0 radical (unpaired) electrons. The Bertz CT molecular complexity index is 2890. The average molecular weight is 633 g/mol. The highest BCUT2D eigenvalue weighted by atomic mass is 14.3. The molecular formula is C50H32. The molecule has 0 nitrogen and oxygen atoms in total. The lowest BCUT2D eigenvalue weighted by atomic mass is 9.80. The summed E-state index contributed by atoms with van der Waals surface area (Å²) >= 11 is 0. The lowest BCUT2D eigenvalue weighted by Gasteiger charge is -2.23. The summed E-state index contributed by atoms with van der Waals surface area (Å²) in [5, 5.41) is 12.5. The molecule has 0 heterocycles. The summed E-state index contributed by atoms with van der Waals surface area (Å²) in [6.45, 7) is 0. The molecular weight excluding hydrogens is 601 g/mol. The lowest BCUT2D eigenvalue weighted by molar-refractivity contribution is 1.63. The summed E-state index contributed by atoms with van der Waals surface area (Å²) in [5.41, 5.74) is 9.98. The third-order valence-corrected chi connectivity index (χ3v) is 10.4. The highest BCUT2D eigenvalue weighted by molar-refractivity contribution is 6.28. The zero-order chi connectivity index (χ0) is 33.0. The van der Waals surface area contributed by atoms with Gasteiger partial charge in [0, 0.05) is 0 Å². The zero-order valence-corrected chi connectivity index (χ0v) is 27.5. The molecule has 0 N–H and O–H groups in total. The van der Waals surface area contributed by atoms with Crippen molar-refractivity contribution in [2.24, 2.45) is 0 Å². The van der Waals surface area contributed by atoms with Crippen LogP contribution in [0.25, 0.3) is 98.4 Å². The fourth-order valence-electron chi connectivity index (χ4n) is 8.26. The van der Waals surface area contributed by atoms with E-state index in [0.29, 0.717) is 0 Å². The molecule has 10 aromatic rings. The minimum absolute atomic E-state index is 1.21. The van der Waals surface area contributed by atoms with Crippen molar-refractivity contribution in [2.45, 2.75) is 0 Å². The zero-order valence-electron chi connectivity index (χ0n) is 27.5. The molecule has 0 unspecified atom stereocenters. The largest absolute Gasteiger partial charge is 0.0622 e. The van der Waals surface area contributed by atoms with Gasteiger partial charge in [-0.25, -0.2) is 0 Å². The average Bonchev–Trinajstić information content (AvgIpc) is 3.19. The lowest BCUT2D eigenvalue weighted by Crippen LogP contribution is -1.96. The van der Waals surface area contributed by atoms with Crippen LogP contribution in [0.5, 0.6) is 0 Å². The first-order valence-corrected chi connectivity index (χ1v) is 17.4. The minimum Gasteiger partial charge on any atom is -0.0622 e. The maximum atomic E-state index is 2.43. The van der Waals surface area contributed by atoms with Crippen LogP contribution in [0.15, 0.2) is 194 Å². The number of hydrogen-bond acceptors (Lipinski definition) is 0. The molecule has 232 valence electrons. The van der Waals surface area contributed by atoms with Crippen LogP contribution in [0.4, 0.5) is 0 Å². The summed E-state index contributed by atoms with van der Waals surface area (Å²) in [6, 6.07) is 71.5. The van der Waals surface area contributed by atoms with Crippen LogP contribution in [0, 0.1) is 0 Å². The van der Waals surface area contributed by atoms with Gasteiger partial charge in [0.1, 0.15) is 0 Å². The van der Waals surface area contributed by atoms with E-state index in [9.17, 15) is 0 Å². The standard InChI is InChI=1S/C50H32/c1-3-17-35(18-4-1)46-42-26-12-9-21-37(42)31-39-32-38-29-30-45(43-27-13-22-33-15-7-10-24-40(33)43)47(36-19-5-2-6-20-36)48(38)50(49(39)46)44-28-14-23-34-16-8-11-25-41(34)44/h1-32H. The van der Waals surface area contributed by atoms with Gasteiger partial charge in [0.05, 0.1) is 0 Å². The maximum Gasteiger partial charge on any atom is -0.000763 e. The van der Waals surface area contributed by atoms with E-state index in [2.05, 4.69) is 194 Å². The Morgan fingerprint density at radius 3 is 1.38 bits per heavy atom. The first kappa shape index (κ1) is 28.5. The fourth-order valence-corrected chi connectivity index (χ4v) is 8.26. The van der Waals surface area contributed by atoms with Crippen molar-refractivity contribution >= 4 is 53.9 Å². The second kappa shape index (κ2) is 11.6. The fraction of sp³-hybridized carbons (Fsp3) is 0. The molecule has 0 saturated carbocycles. The predicted molar refractivity (Wildman–Crippen MR) is 216 cm³/mol. The molecule has 0 aliphatic heterocycles. The van der Waals surface area contributed by atoms with Crippen LogP contribution in [-0.4, -0.2) is 0 Å². The molecule has 0 aliphatic carbocycles. The van der Waals surface area contributed by atoms with Gasteiger partial charge in [-0.15, -0.1) is 0 Å². The summed E-state index contributed by atoms with van der Waals surface area (Å²) in [7, 11) is 0. The van der Waals surface area contributed by atoms with E-state index >= 15 is 0 Å². The van der Waals surface area contributed by atoms with E-state index in [-0.39, 0.29) is 0 Å². The van der Waals surface area contributed by atoms with Crippen molar-refractivity contribution in [3.8, 4) is 44.5 Å². The number of benzene rings is 10. The predicted octanol–water partition coefficient (Wildman–Crippen LogP) is 14.1. The van der Waals surface area contributed by atoms with Crippen LogP contribution in [0.1, 0.15) is 0 Å². The van der Waals surface area contributed by atoms with E-state index in [0.717, 1.165) is 0 Å². The topological polar surface area (TPSA) is 0 Å². The van der Waals surface area contributed by atoms with Gasteiger partial charge in [0.2, 0.25) is 0 Å². The van der Waals surface area contributed by atoms with Crippen LogP contribution in [0.2, 0.25) is 0 Å². The van der Waals surface area contributed by atoms with Gasteiger partial charge in [-0.3, -0.25) is 0 Å². The summed E-state index contributed by atoms with van der Waals surface area (Å²) < 4.78 is 0. The molecule has 0 amide bonds. The van der Waals surface area contributed by atoms with Crippen molar-refractivity contribution in [1.29, 1.82) is 0 Å². The van der Waals surface area contributed by atoms with Gasteiger partial charge in [0.15, 0.2) is 0 Å². The molecule has 0 atom stereocenters. The molecule has 0 saturated heterocycles. The van der Waals surface area contributed by atoms with Crippen LogP contribution >= 0.6 is 0 Å². The van der Waals surface area contributed by atoms with Gasteiger partial charge in [-0.1, -0.05) is 182 Å². The Labute approximate surface area is 291 Å². The molecule has 10 rings (SSSR count). The van der Waals surface area contributed by atoms with Crippen molar-refractivity contribution in [3.05, 3.63) is 194 Å². The second-order valence-electron chi connectivity index (χ2n) is 13.2. The highest BCUT2D eigenvalue weighted by Gasteiger charge is 2.23. The summed E-state index contributed by atoms with van der Waals surface area (Å²) in [6.07, 6.45) is 0. The second-order valence-corrected chi connectivity index (χ2v) is 13.2. The van der Waals surface area contributed by atoms with Crippen molar-refractivity contribution in [1.82, 2.24) is 0 Å². The maximum absolute atomic E-state index is 2.43. The SMILES string of the molecule is c1ccc(-c2c(-c3cccc4ccccc34)ccc3cc4cc5ccccc5c(-c5ccccc5)c4c(-c4cccc5ccccc45)c23)cc1. The highest BCUT2D eigenvalue weighted by Crippen LogP contribution is 2.51. The van der Waals surface area contributed by atoms with Gasteiger partial charge in [-0.05, 0) is 111 Å². The van der Waals surface area contributed by atoms with E-state index in [1.54, 1.807) is 0 Å². The number of hydrogen-bond donors (Lipinski definition) is 0. The van der Waals surface area contributed by atoms with Crippen LogP contribution in [-0.2, 0) is 0 Å².